The lowest BCUT2D eigenvalue weighted by Crippen LogP contribution is -2.35. The van der Waals surface area contributed by atoms with Gasteiger partial charge < -0.3 is 9.64 Å². The zero-order valence-corrected chi connectivity index (χ0v) is 18.1. The maximum atomic E-state index is 13.1. The van der Waals surface area contributed by atoms with Crippen molar-refractivity contribution in [2.24, 2.45) is 0 Å². The van der Waals surface area contributed by atoms with E-state index in [0.717, 1.165) is 49.8 Å². The summed E-state index contributed by atoms with van der Waals surface area (Å²) >= 11 is 1.61. The fourth-order valence-corrected chi connectivity index (χ4v) is 4.30. The van der Waals surface area contributed by atoms with Crippen molar-refractivity contribution in [2.75, 3.05) is 26.2 Å². The van der Waals surface area contributed by atoms with Crippen molar-refractivity contribution < 1.29 is 9.53 Å². The third kappa shape index (κ3) is 5.46. The molecule has 2 aromatic carbocycles. The molecule has 0 atom stereocenters. The first-order valence-corrected chi connectivity index (χ1v) is 11.2. The van der Waals surface area contributed by atoms with Gasteiger partial charge in [-0.3, -0.25) is 9.69 Å². The summed E-state index contributed by atoms with van der Waals surface area (Å²) in [5.74, 6) is 0.776. The summed E-state index contributed by atoms with van der Waals surface area (Å²) in [5, 5.41) is 3.03. The van der Waals surface area contributed by atoms with Crippen LogP contribution in [0.1, 0.15) is 33.0 Å². The van der Waals surface area contributed by atoms with Gasteiger partial charge in [0, 0.05) is 43.7 Å². The van der Waals surface area contributed by atoms with E-state index < -0.39 is 0 Å². The lowest BCUT2D eigenvalue weighted by molar-refractivity contribution is 0.0760. The molecule has 0 unspecified atom stereocenters. The maximum Gasteiger partial charge on any atom is 0.254 e. The molecular weight excluding hydrogens is 394 g/mol. The topological polar surface area (TPSA) is 45.7 Å². The summed E-state index contributed by atoms with van der Waals surface area (Å²) < 4.78 is 5.86. The van der Waals surface area contributed by atoms with Gasteiger partial charge in [0.05, 0.1) is 10.7 Å². The second-order valence-electron chi connectivity index (χ2n) is 7.58. The van der Waals surface area contributed by atoms with Crippen LogP contribution in [0.25, 0.3) is 0 Å². The van der Waals surface area contributed by atoms with E-state index in [9.17, 15) is 4.79 Å². The van der Waals surface area contributed by atoms with E-state index in [1.807, 2.05) is 47.5 Å². The van der Waals surface area contributed by atoms with Gasteiger partial charge in [-0.15, -0.1) is 11.3 Å². The standard InChI is InChI=1S/C24H27N3O2S/c1-19-25-22(18-30-19)17-29-23-10-5-9-21(15-23)24(28)27-12-6-11-26(13-14-27)16-20-7-3-2-4-8-20/h2-5,7-10,15,18H,6,11-14,16-17H2,1H3. The number of aryl methyl sites for hydroxylation is 1. The van der Waals surface area contributed by atoms with E-state index in [1.165, 1.54) is 5.56 Å². The molecule has 1 aliphatic heterocycles. The molecule has 30 heavy (non-hydrogen) atoms. The predicted octanol–water partition coefficient (Wildman–Crippen LogP) is 4.38. The van der Waals surface area contributed by atoms with E-state index in [0.29, 0.717) is 17.9 Å². The highest BCUT2D eigenvalue weighted by Gasteiger charge is 2.20. The Labute approximate surface area is 181 Å². The zero-order chi connectivity index (χ0) is 20.8. The van der Waals surface area contributed by atoms with Gasteiger partial charge in [0.1, 0.15) is 12.4 Å². The Hall–Kier alpha value is -2.70. The Kier molecular flexibility index (Phi) is 6.77. The largest absolute Gasteiger partial charge is 0.487 e. The molecule has 0 N–H and O–H groups in total. The van der Waals surface area contributed by atoms with Crippen molar-refractivity contribution in [3.8, 4) is 5.75 Å². The number of hydrogen-bond donors (Lipinski definition) is 0. The number of thiazole rings is 1. The molecule has 0 spiro atoms. The van der Waals surface area contributed by atoms with E-state index in [-0.39, 0.29) is 5.91 Å². The number of carbonyl (C=O) groups excluding carboxylic acids is 1. The molecule has 1 fully saturated rings. The molecule has 1 amide bonds. The van der Waals surface area contributed by atoms with Gasteiger partial charge in [-0.1, -0.05) is 36.4 Å². The Morgan fingerprint density at radius 1 is 1.07 bits per heavy atom. The average Bonchev–Trinajstić information content (AvgIpc) is 3.05. The number of amides is 1. The van der Waals surface area contributed by atoms with Crippen LogP contribution in [0.3, 0.4) is 0 Å². The summed E-state index contributed by atoms with van der Waals surface area (Å²) in [5.41, 5.74) is 2.91. The number of aromatic nitrogens is 1. The van der Waals surface area contributed by atoms with Crippen molar-refractivity contribution in [3.05, 3.63) is 81.8 Å². The third-order valence-electron chi connectivity index (χ3n) is 5.26. The van der Waals surface area contributed by atoms with E-state index >= 15 is 0 Å². The van der Waals surface area contributed by atoms with Crippen LogP contribution in [0.5, 0.6) is 5.75 Å². The Bertz CT molecular complexity index is 973. The molecule has 5 nitrogen and oxygen atoms in total. The minimum Gasteiger partial charge on any atom is -0.487 e. The fraction of sp³-hybridized carbons (Fsp3) is 0.333. The van der Waals surface area contributed by atoms with Crippen molar-refractivity contribution >= 4 is 17.2 Å². The van der Waals surface area contributed by atoms with Crippen LogP contribution >= 0.6 is 11.3 Å². The average molecular weight is 422 g/mol. The van der Waals surface area contributed by atoms with Gasteiger partial charge >= 0.3 is 0 Å². The number of hydrogen-bond acceptors (Lipinski definition) is 5. The highest BCUT2D eigenvalue weighted by Crippen LogP contribution is 2.18. The minimum absolute atomic E-state index is 0.0755. The van der Waals surface area contributed by atoms with Crippen molar-refractivity contribution in [2.45, 2.75) is 26.5 Å². The Balaban J connectivity index is 1.34. The zero-order valence-electron chi connectivity index (χ0n) is 17.3. The molecule has 0 aliphatic carbocycles. The van der Waals surface area contributed by atoms with Gasteiger partial charge in [0.2, 0.25) is 0 Å². The highest BCUT2D eigenvalue weighted by atomic mass is 32.1. The highest BCUT2D eigenvalue weighted by molar-refractivity contribution is 7.09. The summed E-state index contributed by atoms with van der Waals surface area (Å²) in [6.45, 7) is 6.76. The summed E-state index contributed by atoms with van der Waals surface area (Å²) in [7, 11) is 0. The number of benzene rings is 2. The number of rotatable bonds is 6. The first kappa shape index (κ1) is 20.6. The second-order valence-corrected chi connectivity index (χ2v) is 8.64. The van der Waals surface area contributed by atoms with Crippen molar-refractivity contribution in [3.63, 3.8) is 0 Å². The normalized spacial score (nSPS) is 15.0. The molecule has 1 aromatic heterocycles. The predicted molar refractivity (Wildman–Crippen MR) is 120 cm³/mol. The van der Waals surface area contributed by atoms with E-state index in [1.54, 1.807) is 11.3 Å². The second kappa shape index (κ2) is 9.87. The molecule has 4 rings (SSSR count). The van der Waals surface area contributed by atoms with Crippen LogP contribution < -0.4 is 4.74 Å². The summed E-state index contributed by atoms with van der Waals surface area (Å²) in [6.07, 6.45) is 0.984. The smallest absolute Gasteiger partial charge is 0.254 e. The van der Waals surface area contributed by atoms with Crippen LogP contribution in [0.2, 0.25) is 0 Å². The quantitative estimate of drug-likeness (QED) is 0.593. The lowest BCUT2D eigenvalue weighted by Gasteiger charge is -2.22. The van der Waals surface area contributed by atoms with Crippen LogP contribution in [0, 0.1) is 6.92 Å². The fourth-order valence-electron chi connectivity index (χ4n) is 3.71. The van der Waals surface area contributed by atoms with Gasteiger partial charge in [-0.25, -0.2) is 4.98 Å². The molecule has 2 heterocycles. The van der Waals surface area contributed by atoms with E-state index in [2.05, 4.69) is 34.1 Å². The first-order valence-electron chi connectivity index (χ1n) is 10.4. The SMILES string of the molecule is Cc1nc(COc2cccc(C(=O)N3CCCN(Cc4ccccc4)CC3)c2)cs1. The molecule has 0 saturated carbocycles. The third-order valence-corrected chi connectivity index (χ3v) is 6.08. The van der Waals surface area contributed by atoms with Gasteiger partial charge in [-0.2, -0.15) is 0 Å². The molecule has 1 aliphatic rings. The number of carbonyl (C=O) groups is 1. The van der Waals surface area contributed by atoms with Crippen molar-refractivity contribution in [1.29, 1.82) is 0 Å². The minimum atomic E-state index is 0.0755. The van der Waals surface area contributed by atoms with E-state index in [4.69, 9.17) is 4.74 Å². The van der Waals surface area contributed by atoms with Gasteiger partial charge in [0.25, 0.3) is 5.91 Å². The Morgan fingerprint density at radius 2 is 1.93 bits per heavy atom. The molecule has 3 aromatic rings. The number of ether oxygens (including phenoxy) is 1. The molecular formula is C24H27N3O2S. The summed E-state index contributed by atoms with van der Waals surface area (Å²) in [6, 6.07) is 18.0. The van der Waals surface area contributed by atoms with Crippen LogP contribution in [0.15, 0.2) is 60.0 Å². The molecule has 0 radical (unpaired) electrons. The van der Waals surface area contributed by atoms with Crippen LogP contribution in [-0.2, 0) is 13.2 Å². The maximum absolute atomic E-state index is 13.1. The van der Waals surface area contributed by atoms with Crippen molar-refractivity contribution in [1.82, 2.24) is 14.8 Å². The lowest BCUT2D eigenvalue weighted by atomic mass is 10.2. The monoisotopic (exact) mass is 421 g/mol. The van der Waals surface area contributed by atoms with Gasteiger partial charge in [-0.05, 0) is 37.1 Å². The molecule has 156 valence electrons. The first-order chi connectivity index (χ1) is 14.7. The molecule has 0 bridgehead atoms. The van der Waals surface area contributed by atoms with Gasteiger partial charge in [0.15, 0.2) is 0 Å². The molecule has 1 saturated heterocycles. The molecule has 6 heteroatoms. The Morgan fingerprint density at radius 3 is 2.73 bits per heavy atom. The summed E-state index contributed by atoms with van der Waals surface area (Å²) in [4.78, 5) is 21.9. The number of nitrogens with zero attached hydrogens (tertiary/aromatic N) is 3. The van der Waals surface area contributed by atoms with Crippen LogP contribution in [0.4, 0.5) is 0 Å². The van der Waals surface area contributed by atoms with Crippen LogP contribution in [-0.4, -0.2) is 46.9 Å².